The predicted molar refractivity (Wildman–Crippen MR) is 101 cm³/mol. The maximum absolute atomic E-state index is 12.6. The van der Waals surface area contributed by atoms with Gasteiger partial charge < -0.3 is 14.8 Å². The second-order valence-corrected chi connectivity index (χ2v) is 7.48. The summed E-state index contributed by atoms with van der Waals surface area (Å²) in [5.41, 5.74) is -0.365. The van der Waals surface area contributed by atoms with E-state index >= 15 is 0 Å². The maximum atomic E-state index is 12.6. The fourth-order valence-corrected chi connectivity index (χ4v) is 3.58. The van der Waals surface area contributed by atoms with Crippen molar-refractivity contribution in [3.05, 3.63) is 64.1 Å². The summed E-state index contributed by atoms with van der Waals surface area (Å²) < 4.78 is 49.5. The monoisotopic (exact) mass is 457 g/mol. The Morgan fingerprint density at radius 3 is 2.43 bits per heavy atom. The molecule has 1 fully saturated rings. The van der Waals surface area contributed by atoms with Crippen LogP contribution < -0.4 is 10.1 Å². The van der Waals surface area contributed by atoms with Gasteiger partial charge in [0.05, 0.1) is 11.1 Å². The second-order valence-electron chi connectivity index (χ2n) is 6.56. The molecule has 8 heteroatoms. The first kappa shape index (κ1) is 20.7. The molecule has 2 aromatic rings. The van der Waals surface area contributed by atoms with Gasteiger partial charge in [0, 0.05) is 17.7 Å². The highest BCUT2D eigenvalue weighted by Gasteiger charge is 2.36. The first-order valence-corrected chi connectivity index (χ1v) is 9.53. The summed E-state index contributed by atoms with van der Waals surface area (Å²) in [5.74, 6) is -0.145. The molecular formula is C20H19BrF3NO3. The van der Waals surface area contributed by atoms with Gasteiger partial charge in [-0.1, -0.05) is 28.1 Å². The lowest BCUT2D eigenvalue weighted by Gasteiger charge is -2.38. The topological polar surface area (TPSA) is 47.6 Å². The quantitative estimate of drug-likeness (QED) is 0.709. The minimum atomic E-state index is -4.41. The third-order valence-corrected chi connectivity index (χ3v) is 5.15. The van der Waals surface area contributed by atoms with E-state index in [0.717, 1.165) is 22.2 Å². The first-order chi connectivity index (χ1) is 13.3. The van der Waals surface area contributed by atoms with E-state index in [1.54, 1.807) is 0 Å². The summed E-state index contributed by atoms with van der Waals surface area (Å²) in [6, 6.07) is 12.0. The third-order valence-electron chi connectivity index (χ3n) is 4.65. The molecule has 0 unspecified atom stereocenters. The Balaban J connectivity index is 1.66. The number of benzene rings is 2. The number of nitrogens with one attached hydrogen (secondary N) is 1. The van der Waals surface area contributed by atoms with Crippen LogP contribution in [0.5, 0.6) is 5.75 Å². The number of carbonyl (C=O) groups excluding carboxylic acids is 1. The minimum absolute atomic E-state index is 0.201. The van der Waals surface area contributed by atoms with E-state index in [1.165, 1.54) is 12.1 Å². The molecule has 0 saturated carbocycles. The van der Waals surface area contributed by atoms with Crippen LogP contribution in [0.15, 0.2) is 53.0 Å². The average molecular weight is 458 g/mol. The fourth-order valence-electron chi connectivity index (χ4n) is 3.18. The molecule has 4 nitrogen and oxygen atoms in total. The van der Waals surface area contributed by atoms with Crippen molar-refractivity contribution in [1.82, 2.24) is 5.32 Å². The number of amides is 1. The number of ether oxygens (including phenoxy) is 2. The fraction of sp³-hybridized carbons (Fsp3) is 0.350. The average Bonchev–Trinajstić information content (AvgIpc) is 2.67. The zero-order valence-corrected chi connectivity index (χ0v) is 16.5. The molecule has 1 aliphatic rings. The molecule has 1 aliphatic heterocycles. The highest BCUT2D eigenvalue weighted by atomic mass is 79.9. The zero-order valence-electron chi connectivity index (χ0n) is 14.9. The van der Waals surface area contributed by atoms with E-state index in [2.05, 4.69) is 21.2 Å². The summed E-state index contributed by atoms with van der Waals surface area (Å²) in [7, 11) is 0. The van der Waals surface area contributed by atoms with Crippen molar-refractivity contribution in [1.29, 1.82) is 0 Å². The van der Waals surface area contributed by atoms with E-state index in [9.17, 15) is 18.0 Å². The molecule has 1 amide bonds. The Morgan fingerprint density at radius 2 is 1.82 bits per heavy atom. The lowest BCUT2D eigenvalue weighted by atomic mass is 9.82. The number of halogens is 4. The Labute approximate surface area is 169 Å². The predicted octanol–water partition coefficient (Wildman–Crippen LogP) is 4.67. The van der Waals surface area contributed by atoms with Gasteiger partial charge >= 0.3 is 6.18 Å². The van der Waals surface area contributed by atoms with E-state index in [4.69, 9.17) is 9.47 Å². The molecule has 2 aromatic carbocycles. The van der Waals surface area contributed by atoms with Crippen molar-refractivity contribution in [2.24, 2.45) is 0 Å². The molecule has 150 valence electrons. The van der Waals surface area contributed by atoms with Crippen molar-refractivity contribution < 1.29 is 27.4 Å². The van der Waals surface area contributed by atoms with Crippen LogP contribution >= 0.6 is 15.9 Å². The van der Waals surface area contributed by atoms with E-state index in [-0.39, 0.29) is 18.3 Å². The van der Waals surface area contributed by atoms with Gasteiger partial charge in [-0.25, -0.2) is 0 Å². The van der Waals surface area contributed by atoms with Crippen LogP contribution in [0.1, 0.15) is 24.0 Å². The van der Waals surface area contributed by atoms with Crippen LogP contribution in [0, 0.1) is 0 Å². The third kappa shape index (κ3) is 5.05. The standard InChI is InChI=1S/C20H19BrF3NO3/c21-16-3-1-2-15(12-16)19(8-10-27-11-9-19)25-18(26)13-28-17-6-4-14(5-7-17)20(22,23)24/h1-7,12H,8-11,13H2,(H,25,26). The number of alkyl halides is 3. The maximum Gasteiger partial charge on any atom is 0.416 e. The molecule has 0 atom stereocenters. The molecule has 0 spiro atoms. The SMILES string of the molecule is O=C(COc1ccc(C(F)(F)F)cc1)NC1(c2cccc(Br)c2)CCOCC1. The van der Waals surface area contributed by atoms with Gasteiger partial charge in [-0.05, 0) is 54.8 Å². The highest BCUT2D eigenvalue weighted by molar-refractivity contribution is 9.10. The van der Waals surface area contributed by atoms with Crippen molar-refractivity contribution in [3.63, 3.8) is 0 Å². The Bertz CT molecular complexity index is 818. The van der Waals surface area contributed by atoms with Crippen LogP contribution in [0.25, 0.3) is 0 Å². The number of hydrogen-bond donors (Lipinski definition) is 1. The minimum Gasteiger partial charge on any atom is -0.484 e. The molecule has 3 rings (SSSR count). The van der Waals surface area contributed by atoms with Gasteiger partial charge in [-0.2, -0.15) is 13.2 Å². The van der Waals surface area contributed by atoms with Gasteiger partial charge in [-0.15, -0.1) is 0 Å². The number of hydrogen-bond acceptors (Lipinski definition) is 3. The van der Waals surface area contributed by atoms with Gasteiger partial charge in [0.25, 0.3) is 5.91 Å². The van der Waals surface area contributed by atoms with Crippen LogP contribution in [0.3, 0.4) is 0 Å². The summed E-state index contributed by atoms with van der Waals surface area (Å²) in [6.07, 6.45) is -3.17. The number of rotatable bonds is 5. The summed E-state index contributed by atoms with van der Waals surface area (Å²) >= 11 is 3.45. The molecular weight excluding hydrogens is 439 g/mol. The lowest BCUT2D eigenvalue weighted by Crippen LogP contribution is -2.50. The molecule has 1 N–H and O–H groups in total. The molecule has 0 aliphatic carbocycles. The Kier molecular flexibility index (Phi) is 6.30. The Morgan fingerprint density at radius 1 is 1.14 bits per heavy atom. The smallest absolute Gasteiger partial charge is 0.416 e. The molecule has 28 heavy (non-hydrogen) atoms. The first-order valence-electron chi connectivity index (χ1n) is 8.73. The van der Waals surface area contributed by atoms with Crippen LogP contribution in [-0.4, -0.2) is 25.7 Å². The van der Waals surface area contributed by atoms with Crippen LogP contribution in [0.2, 0.25) is 0 Å². The molecule has 1 heterocycles. The molecule has 0 radical (unpaired) electrons. The van der Waals surface area contributed by atoms with Gasteiger partial charge in [0.1, 0.15) is 5.75 Å². The Hall–Kier alpha value is -2.06. The van der Waals surface area contributed by atoms with Crippen molar-refractivity contribution in [2.75, 3.05) is 19.8 Å². The summed E-state index contributed by atoms with van der Waals surface area (Å²) in [4.78, 5) is 12.5. The van der Waals surface area contributed by atoms with Gasteiger partial charge in [-0.3, -0.25) is 4.79 Å². The van der Waals surface area contributed by atoms with Crippen molar-refractivity contribution in [2.45, 2.75) is 24.6 Å². The normalized spacial score (nSPS) is 16.4. The van der Waals surface area contributed by atoms with E-state index in [0.29, 0.717) is 26.1 Å². The number of carbonyl (C=O) groups is 1. The van der Waals surface area contributed by atoms with Crippen molar-refractivity contribution >= 4 is 21.8 Å². The van der Waals surface area contributed by atoms with Gasteiger partial charge in [0.2, 0.25) is 0 Å². The molecule has 1 saturated heterocycles. The van der Waals surface area contributed by atoms with Crippen LogP contribution in [-0.2, 0) is 21.2 Å². The highest BCUT2D eigenvalue weighted by Crippen LogP contribution is 2.34. The second kappa shape index (κ2) is 8.53. The van der Waals surface area contributed by atoms with E-state index < -0.39 is 17.3 Å². The van der Waals surface area contributed by atoms with E-state index in [1.807, 2.05) is 24.3 Å². The zero-order chi connectivity index (χ0) is 20.2. The summed E-state index contributed by atoms with van der Waals surface area (Å²) in [6.45, 7) is 0.751. The van der Waals surface area contributed by atoms with Gasteiger partial charge in [0.15, 0.2) is 6.61 Å². The molecule has 0 bridgehead atoms. The summed E-state index contributed by atoms with van der Waals surface area (Å²) in [5, 5.41) is 3.04. The largest absolute Gasteiger partial charge is 0.484 e. The van der Waals surface area contributed by atoms with Crippen LogP contribution in [0.4, 0.5) is 13.2 Å². The van der Waals surface area contributed by atoms with Crippen molar-refractivity contribution in [3.8, 4) is 5.75 Å². The lowest BCUT2D eigenvalue weighted by molar-refractivity contribution is -0.137. The molecule has 0 aromatic heterocycles.